The minimum Gasteiger partial charge on any atom is -0.345 e. The molecule has 0 unspecified atom stereocenters. The van der Waals surface area contributed by atoms with Crippen molar-refractivity contribution in [2.45, 2.75) is 0 Å². The highest BCUT2D eigenvalue weighted by atomic mass is 16.6. The van der Waals surface area contributed by atoms with Gasteiger partial charge in [0.1, 0.15) is 5.82 Å². The summed E-state index contributed by atoms with van der Waals surface area (Å²) in [4.78, 5) is 17.1. The maximum Gasteiger partial charge on any atom is 0.270 e. The molecule has 2 rings (SSSR count). The van der Waals surface area contributed by atoms with Crippen LogP contribution in [0.3, 0.4) is 0 Å². The first kappa shape index (κ1) is 10.1. The van der Waals surface area contributed by atoms with Gasteiger partial charge in [0.05, 0.1) is 4.92 Å². The van der Waals surface area contributed by atoms with Crippen LogP contribution in [0.4, 0.5) is 5.69 Å². The number of nitrogens with zero attached hydrogens (tertiary/aromatic N) is 2. The van der Waals surface area contributed by atoms with Gasteiger partial charge in [0.25, 0.3) is 5.69 Å². The van der Waals surface area contributed by atoms with Gasteiger partial charge in [0.2, 0.25) is 0 Å². The van der Waals surface area contributed by atoms with E-state index in [1.54, 1.807) is 24.5 Å². The standard InChI is InChI=1S/C11H9N3O2/c1-8(11-12-5-6-13-11)9-3-2-4-10(7-9)14(15)16/h2-7H,1H2,(H,12,13). The van der Waals surface area contributed by atoms with Crippen LogP contribution in [0, 0.1) is 10.1 Å². The number of nitro benzene ring substituents is 1. The largest absolute Gasteiger partial charge is 0.345 e. The minimum atomic E-state index is -0.432. The van der Waals surface area contributed by atoms with E-state index in [4.69, 9.17) is 0 Å². The molecular formula is C11H9N3O2. The Morgan fingerprint density at radius 1 is 1.50 bits per heavy atom. The number of imidazole rings is 1. The van der Waals surface area contributed by atoms with E-state index in [1.165, 1.54) is 12.1 Å². The molecule has 0 atom stereocenters. The lowest BCUT2D eigenvalue weighted by molar-refractivity contribution is -0.384. The molecule has 0 spiro atoms. The van der Waals surface area contributed by atoms with E-state index in [9.17, 15) is 10.1 Å². The van der Waals surface area contributed by atoms with Crippen LogP contribution in [0.5, 0.6) is 0 Å². The van der Waals surface area contributed by atoms with Crippen LogP contribution < -0.4 is 0 Å². The molecule has 1 aromatic heterocycles. The van der Waals surface area contributed by atoms with Crippen LogP contribution in [0.2, 0.25) is 0 Å². The van der Waals surface area contributed by atoms with E-state index in [0.29, 0.717) is 17.0 Å². The molecule has 0 aliphatic rings. The predicted molar refractivity (Wildman–Crippen MR) is 59.8 cm³/mol. The van der Waals surface area contributed by atoms with E-state index in [0.717, 1.165) is 0 Å². The average Bonchev–Trinajstić information content (AvgIpc) is 2.81. The Bertz CT molecular complexity index is 532. The van der Waals surface area contributed by atoms with Gasteiger partial charge in [-0.25, -0.2) is 4.98 Å². The van der Waals surface area contributed by atoms with Crippen molar-refractivity contribution in [3.8, 4) is 0 Å². The van der Waals surface area contributed by atoms with Crippen molar-refractivity contribution in [2.24, 2.45) is 0 Å². The first-order valence-corrected chi connectivity index (χ1v) is 4.62. The summed E-state index contributed by atoms with van der Waals surface area (Å²) in [5.41, 5.74) is 1.36. The first-order chi connectivity index (χ1) is 7.68. The second-order valence-electron chi connectivity index (χ2n) is 3.22. The molecule has 0 amide bonds. The van der Waals surface area contributed by atoms with Gasteiger partial charge in [-0.1, -0.05) is 18.7 Å². The molecule has 0 bridgehead atoms. The fourth-order valence-electron chi connectivity index (χ4n) is 1.37. The van der Waals surface area contributed by atoms with Gasteiger partial charge < -0.3 is 4.98 Å². The maximum absolute atomic E-state index is 10.6. The van der Waals surface area contributed by atoms with Crippen LogP contribution in [0.25, 0.3) is 5.57 Å². The molecule has 0 aliphatic carbocycles. The van der Waals surface area contributed by atoms with Crippen LogP contribution in [0.15, 0.2) is 43.2 Å². The highest BCUT2D eigenvalue weighted by Crippen LogP contribution is 2.22. The van der Waals surface area contributed by atoms with Crippen LogP contribution in [0.1, 0.15) is 11.4 Å². The lowest BCUT2D eigenvalue weighted by Gasteiger charge is -2.02. The zero-order chi connectivity index (χ0) is 11.5. The molecule has 0 radical (unpaired) electrons. The highest BCUT2D eigenvalue weighted by molar-refractivity contribution is 5.75. The fourth-order valence-corrected chi connectivity index (χ4v) is 1.37. The molecule has 0 saturated heterocycles. The van der Waals surface area contributed by atoms with Crippen molar-refractivity contribution in [2.75, 3.05) is 0 Å². The van der Waals surface area contributed by atoms with E-state index < -0.39 is 4.92 Å². The smallest absolute Gasteiger partial charge is 0.270 e. The molecule has 5 heteroatoms. The third kappa shape index (κ3) is 1.83. The quantitative estimate of drug-likeness (QED) is 0.631. The van der Waals surface area contributed by atoms with E-state index >= 15 is 0 Å². The van der Waals surface area contributed by atoms with Gasteiger partial charge in [-0.2, -0.15) is 0 Å². The van der Waals surface area contributed by atoms with E-state index in [-0.39, 0.29) is 5.69 Å². The minimum absolute atomic E-state index is 0.0465. The second kappa shape index (κ2) is 3.98. The van der Waals surface area contributed by atoms with Crippen molar-refractivity contribution < 1.29 is 4.92 Å². The molecule has 0 aliphatic heterocycles. The Balaban J connectivity index is 2.38. The number of nitrogens with one attached hydrogen (secondary N) is 1. The van der Waals surface area contributed by atoms with Gasteiger partial charge in [-0.15, -0.1) is 0 Å². The molecule has 80 valence electrons. The van der Waals surface area contributed by atoms with Gasteiger partial charge in [0.15, 0.2) is 0 Å². The first-order valence-electron chi connectivity index (χ1n) is 4.62. The Morgan fingerprint density at radius 3 is 2.94 bits per heavy atom. The number of H-pyrrole nitrogens is 1. The highest BCUT2D eigenvalue weighted by Gasteiger charge is 2.09. The predicted octanol–water partition coefficient (Wildman–Crippen LogP) is 2.38. The summed E-state index contributed by atoms with van der Waals surface area (Å²) in [5.74, 6) is 0.612. The molecule has 0 fully saturated rings. The monoisotopic (exact) mass is 215 g/mol. The van der Waals surface area contributed by atoms with E-state index in [2.05, 4.69) is 16.5 Å². The molecule has 5 nitrogen and oxygen atoms in total. The third-order valence-electron chi connectivity index (χ3n) is 2.19. The number of non-ortho nitro benzene ring substituents is 1. The summed E-state index contributed by atoms with van der Waals surface area (Å²) >= 11 is 0. The zero-order valence-electron chi connectivity index (χ0n) is 8.38. The summed E-state index contributed by atoms with van der Waals surface area (Å²) in [7, 11) is 0. The number of hydrogen-bond donors (Lipinski definition) is 1. The van der Waals surface area contributed by atoms with Crippen LogP contribution in [-0.2, 0) is 0 Å². The molecule has 1 heterocycles. The number of aromatic amines is 1. The summed E-state index contributed by atoms with van der Waals surface area (Å²) < 4.78 is 0. The Kier molecular flexibility index (Phi) is 2.51. The van der Waals surface area contributed by atoms with Crippen molar-refractivity contribution in [1.82, 2.24) is 9.97 Å². The maximum atomic E-state index is 10.6. The Hall–Kier alpha value is -2.43. The molecular weight excluding hydrogens is 206 g/mol. The summed E-state index contributed by atoms with van der Waals surface area (Å²) in [5, 5.41) is 10.6. The van der Waals surface area contributed by atoms with Crippen molar-refractivity contribution in [3.05, 3.63) is 64.7 Å². The topological polar surface area (TPSA) is 71.8 Å². The molecule has 1 N–H and O–H groups in total. The normalized spacial score (nSPS) is 10.0. The van der Waals surface area contributed by atoms with Crippen LogP contribution in [-0.4, -0.2) is 14.9 Å². The molecule has 0 saturated carbocycles. The Morgan fingerprint density at radius 2 is 2.31 bits per heavy atom. The molecule has 2 aromatic rings. The third-order valence-corrected chi connectivity index (χ3v) is 2.19. The lowest BCUT2D eigenvalue weighted by atomic mass is 10.1. The number of aromatic nitrogens is 2. The SMILES string of the molecule is C=C(c1cccc([N+](=O)[O-])c1)c1ncc[nH]1. The lowest BCUT2D eigenvalue weighted by Crippen LogP contribution is -1.92. The number of benzene rings is 1. The average molecular weight is 215 g/mol. The number of hydrogen-bond acceptors (Lipinski definition) is 3. The fraction of sp³-hybridized carbons (Fsp3) is 0. The molecule has 1 aromatic carbocycles. The van der Waals surface area contributed by atoms with Gasteiger partial charge in [0, 0.05) is 30.1 Å². The van der Waals surface area contributed by atoms with Crippen molar-refractivity contribution in [3.63, 3.8) is 0 Å². The number of rotatable bonds is 3. The van der Waals surface area contributed by atoms with Gasteiger partial charge in [-0.05, 0) is 5.56 Å². The van der Waals surface area contributed by atoms with Crippen molar-refractivity contribution >= 4 is 11.3 Å². The van der Waals surface area contributed by atoms with Crippen molar-refractivity contribution in [1.29, 1.82) is 0 Å². The van der Waals surface area contributed by atoms with E-state index in [1.807, 2.05) is 0 Å². The second-order valence-corrected chi connectivity index (χ2v) is 3.22. The Labute approximate surface area is 91.6 Å². The van der Waals surface area contributed by atoms with Gasteiger partial charge in [-0.3, -0.25) is 10.1 Å². The summed E-state index contributed by atoms with van der Waals surface area (Å²) in [6.07, 6.45) is 3.29. The van der Waals surface area contributed by atoms with Crippen LogP contribution >= 0.6 is 0 Å². The zero-order valence-corrected chi connectivity index (χ0v) is 8.38. The number of nitro groups is 1. The molecule has 16 heavy (non-hydrogen) atoms. The summed E-state index contributed by atoms with van der Waals surface area (Å²) in [6.45, 7) is 3.85. The van der Waals surface area contributed by atoms with Gasteiger partial charge >= 0.3 is 0 Å². The summed E-state index contributed by atoms with van der Waals surface area (Å²) in [6, 6.07) is 6.31.